The Balaban J connectivity index is 2.77. The van der Waals surface area contributed by atoms with E-state index >= 15 is 0 Å². The van der Waals surface area contributed by atoms with Gasteiger partial charge in [-0.2, -0.15) is 0 Å². The molecule has 0 atom stereocenters. The van der Waals surface area contributed by atoms with Crippen LogP contribution in [-0.2, 0) is 0 Å². The van der Waals surface area contributed by atoms with E-state index in [2.05, 4.69) is 0 Å². The van der Waals surface area contributed by atoms with Crippen molar-refractivity contribution in [3.05, 3.63) is 29.8 Å². The standard InChI is InChI=1S/C10H14N2O/c1-12(2)7-10(13)8-4-3-5-9(11)6-8/h3-6H,7,11H2,1-2H3. The number of rotatable bonds is 3. The van der Waals surface area contributed by atoms with Crippen LogP contribution >= 0.6 is 0 Å². The highest BCUT2D eigenvalue weighted by Crippen LogP contribution is 2.07. The van der Waals surface area contributed by atoms with Gasteiger partial charge in [0.2, 0.25) is 0 Å². The summed E-state index contributed by atoms with van der Waals surface area (Å²) < 4.78 is 0. The fraction of sp³-hybridized carbons (Fsp3) is 0.300. The molecular weight excluding hydrogens is 164 g/mol. The Morgan fingerprint density at radius 1 is 1.46 bits per heavy atom. The SMILES string of the molecule is CN(C)CC(=O)c1cccc(N)c1. The van der Waals surface area contributed by atoms with Crippen LogP contribution in [0.25, 0.3) is 0 Å². The maximum absolute atomic E-state index is 11.5. The van der Waals surface area contributed by atoms with Crippen molar-refractivity contribution in [1.29, 1.82) is 0 Å². The highest BCUT2D eigenvalue weighted by Gasteiger charge is 2.06. The minimum atomic E-state index is 0.0947. The summed E-state index contributed by atoms with van der Waals surface area (Å²) in [4.78, 5) is 13.3. The fourth-order valence-corrected chi connectivity index (χ4v) is 1.09. The molecule has 0 aliphatic carbocycles. The van der Waals surface area contributed by atoms with E-state index in [0.717, 1.165) is 0 Å². The summed E-state index contributed by atoms with van der Waals surface area (Å²) in [5.41, 5.74) is 6.87. The van der Waals surface area contributed by atoms with Crippen LogP contribution in [-0.4, -0.2) is 31.3 Å². The molecule has 1 rings (SSSR count). The van der Waals surface area contributed by atoms with Gasteiger partial charge in [-0.3, -0.25) is 4.79 Å². The molecule has 2 N–H and O–H groups in total. The predicted octanol–water partition coefficient (Wildman–Crippen LogP) is 1.01. The molecule has 0 radical (unpaired) electrons. The number of carbonyl (C=O) groups excluding carboxylic acids is 1. The number of hydrogen-bond donors (Lipinski definition) is 1. The third-order valence-electron chi connectivity index (χ3n) is 1.67. The lowest BCUT2D eigenvalue weighted by Crippen LogP contribution is -2.21. The van der Waals surface area contributed by atoms with Gasteiger partial charge in [0.25, 0.3) is 0 Å². The molecule has 1 aromatic rings. The number of Topliss-reactive ketones (excluding diaryl/α,β-unsaturated/α-hetero) is 1. The smallest absolute Gasteiger partial charge is 0.176 e. The third-order valence-corrected chi connectivity index (χ3v) is 1.67. The van der Waals surface area contributed by atoms with E-state index in [9.17, 15) is 4.79 Å². The van der Waals surface area contributed by atoms with Crippen LogP contribution in [0.2, 0.25) is 0 Å². The Kier molecular flexibility index (Phi) is 3.03. The summed E-state index contributed by atoms with van der Waals surface area (Å²) in [6, 6.07) is 7.04. The predicted molar refractivity (Wildman–Crippen MR) is 53.7 cm³/mol. The monoisotopic (exact) mass is 178 g/mol. The van der Waals surface area contributed by atoms with Crippen LogP contribution in [0.4, 0.5) is 5.69 Å². The second kappa shape index (κ2) is 4.05. The number of anilines is 1. The molecule has 0 bridgehead atoms. The highest BCUT2D eigenvalue weighted by atomic mass is 16.1. The van der Waals surface area contributed by atoms with Crippen molar-refractivity contribution in [3.63, 3.8) is 0 Å². The first-order valence-electron chi connectivity index (χ1n) is 4.13. The maximum Gasteiger partial charge on any atom is 0.176 e. The van der Waals surface area contributed by atoms with E-state index < -0.39 is 0 Å². The molecule has 3 heteroatoms. The van der Waals surface area contributed by atoms with E-state index in [4.69, 9.17) is 5.73 Å². The Bertz CT molecular complexity index is 308. The molecule has 0 heterocycles. The van der Waals surface area contributed by atoms with Crippen molar-refractivity contribution in [3.8, 4) is 0 Å². The van der Waals surface area contributed by atoms with Gasteiger partial charge in [-0.1, -0.05) is 12.1 Å². The first-order chi connectivity index (χ1) is 6.09. The van der Waals surface area contributed by atoms with Crippen molar-refractivity contribution in [2.75, 3.05) is 26.4 Å². The molecule has 0 aliphatic rings. The quantitative estimate of drug-likeness (QED) is 0.555. The minimum absolute atomic E-state index is 0.0947. The first-order valence-corrected chi connectivity index (χ1v) is 4.13. The molecule has 0 aromatic heterocycles. The molecule has 0 saturated carbocycles. The van der Waals surface area contributed by atoms with Gasteiger partial charge in [0.05, 0.1) is 6.54 Å². The average molecular weight is 178 g/mol. The molecule has 1 aromatic carbocycles. The van der Waals surface area contributed by atoms with E-state index in [1.54, 1.807) is 24.3 Å². The van der Waals surface area contributed by atoms with Gasteiger partial charge in [-0.05, 0) is 26.2 Å². The van der Waals surface area contributed by atoms with Gasteiger partial charge in [-0.25, -0.2) is 0 Å². The van der Waals surface area contributed by atoms with Crippen LogP contribution in [0.15, 0.2) is 24.3 Å². The summed E-state index contributed by atoms with van der Waals surface area (Å²) in [5.74, 6) is 0.0947. The van der Waals surface area contributed by atoms with Crippen molar-refractivity contribution in [1.82, 2.24) is 4.90 Å². The zero-order valence-corrected chi connectivity index (χ0v) is 7.95. The largest absolute Gasteiger partial charge is 0.399 e. The van der Waals surface area contributed by atoms with Crippen LogP contribution in [0.3, 0.4) is 0 Å². The number of nitrogen functional groups attached to an aromatic ring is 1. The van der Waals surface area contributed by atoms with Crippen LogP contribution in [0.1, 0.15) is 10.4 Å². The Hall–Kier alpha value is -1.35. The van der Waals surface area contributed by atoms with Crippen molar-refractivity contribution in [2.45, 2.75) is 0 Å². The number of carbonyl (C=O) groups is 1. The maximum atomic E-state index is 11.5. The molecule has 0 aliphatic heterocycles. The van der Waals surface area contributed by atoms with E-state index in [1.807, 2.05) is 19.0 Å². The molecule has 0 amide bonds. The summed E-state index contributed by atoms with van der Waals surface area (Å²) in [5, 5.41) is 0. The Labute approximate surface area is 78.2 Å². The van der Waals surface area contributed by atoms with Crippen molar-refractivity contribution in [2.24, 2.45) is 0 Å². The molecule has 0 saturated heterocycles. The third kappa shape index (κ3) is 2.87. The molecule has 0 spiro atoms. The van der Waals surface area contributed by atoms with Crippen LogP contribution in [0.5, 0.6) is 0 Å². The Morgan fingerprint density at radius 3 is 2.69 bits per heavy atom. The van der Waals surface area contributed by atoms with E-state index in [-0.39, 0.29) is 5.78 Å². The summed E-state index contributed by atoms with van der Waals surface area (Å²) >= 11 is 0. The number of benzene rings is 1. The average Bonchev–Trinajstić information content (AvgIpc) is 2.03. The number of likely N-dealkylation sites (N-methyl/N-ethyl adjacent to an activating group) is 1. The van der Waals surface area contributed by atoms with Gasteiger partial charge in [0, 0.05) is 11.3 Å². The van der Waals surface area contributed by atoms with Gasteiger partial charge < -0.3 is 10.6 Å². The molecule has 3 nitrogen and oxygen atoms in total. The van der Waals surface area contributed by atoms with Gasteiger partial charge >= 0.3 is 0 Å². The number of hydrogen-bond acceptors (Lipinski definition) is 3. The minimum Gasteiger partial charge on any atom is -0.399 e. The second-order valence-corrected chi connectivity index (χ2v) is 3.29. The van der Waals surface area contributed by atoms with E-state index in [0.29, 0.717) is 17.8 Å². The molecule has 70 valence electrons. The van der Waals surface area contributed by atoms with Gasteiger partial charge in [0.1, 0.15) is 0 Å². The Morgan fingerprint density at radius 2 is 2.15 bits per heavy atom. The number of nitrogens with zero attached hydrogens (tertiary/aromatic N) is 1. The lowest BCUT2D eigenvalue weighted by atomic mass is 10.1. The summed E-state index contributed by atoms with van der Waals surface area (Å²) in [7, 11) is 3.73. The van der Waals surface area contributed by atoms with Gasteiger partial charge in [0.15, 0.2) is 5.78 Å². The number of nitrogens with two attached hydrogens (primary N) is 1. The van der Waals surface area contributed by atoms with Crippen LogP contribution in [0, 0.1) is 0 Å². The molecule has 13 heavy (non-hydrogen) atoms. The zero-order chi connectivity index (χ0) is 9.84. The number of ketones is 1. The summed E-state index contributed by atoms with van der Waals surface area (Å²) in [6.07, 6.45) is 0. The summed E-state index contributed by atoms with van der Waals surface area (Å²) in [6.45, 7) is 0.420. The molecule has 0 unspecified atom stereocenters. The molecular formula is C10H14N2O. The normalized spacial score (nSPS) is 10.4. The highest BCUT2D eigenvalue weighted by molar-refractivity contribution is 5.98. The van der Waals surface area contributed by atoms with Crippen molar-refractivity contribution < 1.29 is 4.79 Å². The second-order valence-electron chi connectivity index (χ2n) is 3.29. The van der Waals surface area contributed by atoms with Crippen LogP contribution < -0.4 is 5.73 Å². The van der Waals surface area contributed by atoms with Gasteiger partial charge in [-0.15, -0.1) is 0 Å². The zero-order valence-electron chi connectivity index (χ0n) is 7.95. The molecule has 0 fully saturated rings. The topological polar surface area (TPSA) is 46.3 Å². The fourth-order valence-electron chi connectivity index (χ4n) is 1.09. The first kappa shape index (κ1) is 9.74. The lowest BCUT2D eigenvalue weighted by Gasteiger charge is -2.08. The van der Waals surface area contributed by atoms with E-state index in [1.165, 1.54) is 0 Å². The van der Waals surface area contributed by atoms with Crippen molar-refractivity contribution >= 4 is 11.5 Å². The lowest BCUT2D eigenvalue weighted by molar-refractivity contribution is 0.0958.